The van der Waals surface area contributed by atoms with E-state index in [1.165, 1.54) is 0 Å². The van der Waals surface area contributed by atoms with Crippen LogP contribution in [0.15, 0.2) is 0 Å². The van der Waals surface area contributed by atoms with E-state index in [1.807, 2.05) is 0 Å². The molecule has 1 rings (SSSR count). The molecule has 2 amide bonds. The van der Waals surface area contributed by atoms with Gasteiger partial charge in [0.15, 0.2) is 0 Å². The van der Waals surface area contributed by atoms with E-state index in [9.17, 15) is 14.4 Å². The van der Waals surface area contributed by atoms with Crippen molar-refractivity contribution in [1.82, 2.24) is 5.06 Å². The second-order valence-electron chi connectivity index (χ2n) is 3.84. The maximum atomic E-state index is 11.3. The van der Waals surface area contributed by atoms with Crippen molar-refractivity contribution in [3.05, 3.63) is 0 Å². The van der Waals surface area contributed by atoms with Gasteiger partial charge in [-0.2, -0.15) is 0 Å². The van der Waals surface area contributed by atoms with Crippen molar-refractivity contribution in [2.24, 2.45) is 0 Å². The van der Waals surface area contributed by atoms with Gasteiger partial charge in [0.1, 0.15) is 0 Å². The second-order valence-corrected chi connectivity index (χ2v) is 3.84. The lowest BCUT2D eigenvalue weighted by atomic mass is 10.3. The number of amides is 2. The first-order chi connectivity index (χ1) is 8.65. The molecule has 0 aromatic heterocycles. The van der Waals surface area contributed by atoms with Gasteiger partial charge in [0, 0.05) is 32.7 Å². The Morgan fingerprint density at radius 1 is 1.17 bits per heavy atom. The zero-order valence-electron chi connectivity index (χ0n) is 10.1. The van der Waals surface area contributed by atoms with Crippen LogP contribution in [0.3, 0.4) is 0 Å². The molecule has 0 aliphatic carbocycles. The third kappa shape index (κ3) is 4.80. The molecule has 1 saturated heterocycles. The average Bonchev–Trinajstić information content (AvgIpc) is 2.65. The topological polar surface area (TPSA) is 93.1 Å². The molecule has 0 aromatic carbocycles. The standard InChI is InChI=1S/C11H17NO6/c13-6-2-8-17-7-1-3-11(16)18-12-9(14)4-5-10(12)15/h13H,1-8H2. The summed E-state index contributed by atoms with van der Waals surface area (Å²) in [5, 5.41) is 9.03. The monoisotopic (exact) mass is 259 g/mol. The lowest BCUT2D eigenvalue weighted by Crippen LogP contribution is -2.32. The highest BCUT2D eigenvalue weighted by molar-refractivity contribution is 6.01. The Morgan fingerprint density at radius 2 is 1.78 bits per heavy atom. The highest BCUT2D eigenvalue weighted by Gasteiger charge is 2.32. The van der Waals surface area contributed by atoms with E-state index in [2.05, 4.69) is 4.84 Å². The number of hydrogen-bond acceptors (Lipinski definition) is 6. The molecule has 1 N–H and O–H groups in total. The van der Waals surface area contributed by atoms with Crippen molar-refractivity contribution in [3.8, 4) is 0 Å². The van der Waals surface area contributed by atoms with E-state index in [0.29, 0.717) is 31.1 Å². The van der Waals surface area contributed by atoms with Gasteiger partial charge in [-0.3, -0.25) is 9.59 Å². The lowest BCUT2D eigenvalue weighted by molar-refractivity contribution is -0.197. The predicted molar refractivity (Wildman–Crippen MR) is 58.9 cm³/mol. The summed E-state index contributed by atoms with van der Waals surface area (Å²) in [5.41, 5.74) is 0. The van der Waals surface area contributed by atoms with E-state index in [4.69, 9.17) is 9.84 Å². The van der Waals surface area contributed by atoms with Crippen molar-refractivity contribution in [2.45, 2.75) is 32.1 Å². The van der Waals surface area contributed by atoms with Gasteiger partial charge in [0.25, 0.3) is 11.8 Å². The van der Waals surface area contributed by atoms with E-state index in [0.717, 1.165) is 0 Å². The molecular weight excluding hydrogens is 242 g/mol. The van der Waals surface area contributed by atoms with Gasteiger partial charge in [0.05, 0.1) is 6.42 Å². The number of carbonyl (C=O) groups excluding carboxylic acids is 3. The van der Waals surface area contributed by atoms with Crippen molar-refractivity contribution in [3.63, 3.8) is 0 Å². The number of nitrogens with zero attached hydrogens (tertiary/aromatic N) is 1. The van der Waals surface area contributed by atoms with Crippen LogP contribution < -0.4 is 0 Å². The fourth-order valence-electron chi connectivity index (χ4n) is 1.39. The SMILES string of the molecule is O=C(CCCOCCCO)ON1C(=O)CCC1=O. The Balaban J connectivity index is 2.10. The number of aliphatic hydroxyl groups excluding tert-OH is 1. The maximum Gasteiger partial charge on any atom is 0.333 e. The van der Waals surface area contributed by atoms with Crippen molar-refractivity contribution in [1.29, 1.82) is 0 Å². The Kier molecular flexibility index (Phi) is 6.31. The molecule has 7 heteroatoms. The number of hydroxylamine groups is 2. The maximum absolute atomic E-state index is 11.3. The average molecular weight is 259 g/mol. The molecule has 1 fully saturated rings. The molecule has 0 unspecified atom stereocenters. The first kappa shape index (κ1) is 14.6. The molecule has 1 aliphatic heterocycles. The fraction of sp³-hybridized carbons (Fsp3) is 0.727. The van der Waals surface area contributed by atoms with E-state index in [1.54, 1.807) is 0 Å². The Morgan fingerprint density at radius 3 is 2.39 bits per heavy atom. The van der Waals surface area contributed by atoms with Gasteiger partial charge in [-0.1, -0.05) is 0 Å². The molecule has 1 aliphatic rings. The number of ether oxygens (including phenoxy) is 1. The quantitative estimate of drug-likeness (QED) is 0.478. The lowest BCUT2D eigenvalue weighted by Gasteiger charge is -2.12. The largest absolute Gasteiger partial charge is 0.396 e. The van der Waals surface area contributed by atoms with Gasteiger partial charge < -0.3 is 14.7 Å². The highest BCUT2D eigenvalue weighted by Crippen LogP contribution is 2.12. The van der Waals surface area contributed by atoms with Gasteiger partial charge in [-0.25, -0.2) is 4.79 Å². The van der Waals surface area contributed by atoms with E-state index >= 15 is 0 Å². The molecule has 0 bridgehead atoms. The molecule has 0 spiro atoms. The molecular formula is C11H17NO6. The van der Waals surface area contributed by atoms with Gasteiger partial charge in [0.2, 0.25) is 0 Å². The number of hydrogen-bond donors (Lipinski definition) is 1. The van der Waals surface area contributed by atoms with Crippen LogP contribution in [-0.2, 0) is 24.0 Å². The van der Waals surface area contributed by atoms with Crippen LogP contribution >= 0.6 is 0 Å². The van der Waals surface area contributed by atoms with Crippen molar-refractivity contribution in [2.75, 3.05) is 19.8 Å². The summed E-state index contributed by atoms with van der Waals surface area (Å²) in [7, 11) is 0. The summed E-state index contributed by atoms with van der Waals surface area (Å²) >= 11 is 0. The minimum Gasteiger partial charge on any atom is -0.396 e. The normalized spacial score (nSPS) is 15.3. The molecule has 0 saturated carbocycles. The molecule has 1 heterocycles. The Hall–Kier alpha value is -1.47. The zero-order valence-corrected chi connectivity index (χ0v) is 10.1. The zero-order chi connectivity index (χ0) is 13.4. The first-order valence-electron chi connectivity index (χ1n) is 5.90. The summed E-state index contributed by atoms with van der Waals surface area (Å²) in [6.07, 6.45) is 1.27. The minimum absolute atomic E-state index is 0.0707. The summed E-state index contributed by atoms with van der Waals surface area (Å²) < 4.78 is 5.12. The third-order valence-electron chi connectivity index (χ3n) is 2.32. The number of imide groups is 1. The first-order valence-corrected chi connectivity index (χ1v) is 5.90. The Bertz CT molecular complexity index is 301. The molecule has 0 atom stereocenters. The number of aliphatic hydroxyl groups is 1. The minimum atomic E-state index is -0.621. The Labute approximate surface area is 105 Å². The second kappa shape index (κ2) is 7.78. The summed E-state index contributed by atoms with van der Waals surface area (Å²) in [6.45, 7) is 0.882. The van der Waals surface area contributed by atoms with Gasteiger partial charge in [-0.15, -0.1) is 5.06 Å². The third-order valence-corrected chi connectivity index (χ3v) is 2.32. The van der Waals surface area contributed by atoms with Crippen LogP contribution in [-0.4, -0.2) is 47.8 Å². The summed E-state index contributed by atoms with van der Waals surface area (Å²) in [4.78, 5) is 38.3. The van der Waals surface area contributed by atoms with Crippen molar-refractivity contribution >= 4 is 17.8 Å². The molecule has 7 nitrogen and oxygen atoms in total. The summed E-state index contributed by atoms with van der Waals surface area (Å²) in [5.74, 6) is -1.58. The molecule has 0 aromatic rings. The van der Waals surface area contributed by atoms with E-state index in [-0.39, 0.29) is 25.9 Å². The number of rotatable bonds is 8. The van der Waals surface area contributed by atoms with Crippen LogP contribution in [0, 0.1) is 0 Å². The van der Waals surface area contributed by atoms with Crippen LogP contribution in [0.25, 0.3) is 0 Å². The molecule has 102 valence electrons. The van der Waals surface area contributed by atoms with E-state index < -0.39 is 17.8 Å². The van der Waals surface area contributed by atoms with Crippen LogP contribution in [0.2, 0.25) is 0 Å². The smallest absolute Gasteiger partial charge is 0.333 e. The highest BCUT2D eigenvalue weighted by atomic mass is 16.7. The molecule has 18 heavy (non-hydrogen) atoms. The summed E-state index contributed by atoms with van der Waals surface area (Å²) in [6, 6.07) is 0. The van der Waals surface area contributed by atoms with Crippen molar-refractivity contribution < 1.29 is 29.1 Å². The number of carbonyl (C=O) groups is 3. The van der Waals surface area contributed by atoms with Crippen LogP contribution in [0.5, 0.6) is 0 Å². The fourth-order valence-corrected chi connectivity index (χ4v) is 1.39. The van der Waals surface area contributed by atoms with Crippen LogP contribution in [0.4, 0.5) is 0 Å². The molecule has 0 radical (unpaired) electrons. The predicted octanol–water partition coefficient (Wildman–Crippen LogP) is -0.227. The van der Waals surface area contributed by atoms with Gasteiger partial charge in [-0.05, 0) is 12.8 Å². The van der Waals surface area contributed by atoms with Gasteiger partial charge >= 0.3 is 5.97 Å². The van der Waals surface area contributed by atoms with Crippen LogP contribution in [0.1, 0.15) is 32.1 Å².